The standard InChI is InChI=1S/C15H13BrFNO/c1-2-10-5-3-4-6-14(10)18-15(19)11-7-8-12(16)13(17)9-11/h3-9H,2H2,1H3,(H,18,19). The van der Waals surface area contributed by atoms with Crippen LogP contribution in [0.1, 0.15) is 22.8 Å². The number of hydrogen-bond acceptors (Lipinski definition) is 1. The third kappa shape index (κ3) is 3.20. The Morgan fingerprint density at radius 2 is 2.00 bits per heavy atom. The summed E-state index contributed by atoms with van der Waals surface area (Å²) in [5.74, 6) is -0.760. The van der Waals surface area contributed by atoms with Crippen LogP contribution in [0.15, 0.2) is 46.9 Å². The smallest absolute Gasteiger partial charge is 0.255 e. The van der Waals surface area contributed by atoms with Crippen molar-refractivity contribution in [1.29, 1.82) is 0 Å². The van der Waals surface area contributed by atoms with E-state index in [1.54, 1.807) is 6.07 Å². The lowest BCUT2D eigenvalue weighted by Crippen LogP contribution is -2.13. The minimum atomic E-state index is -0.448. The fraction of sp³-hybridized carbons (Fsp3) is 0.133. The number of anilines is 1. The molecule has 98 valence electrons. The van der Waals surface area contributed by atoms with Crippen LogP contribution in [0.25, 0.3) is 0 Å². The highest BCUT2D eigenvalue weighted by Crippen LogP contribution is 2.19. The highest BCUT2D eigenvalue weighted by atomic mass is 79.9. The highest BCUT2D eigenvalue weighted by molar-refractivity contribution is 9.10. The molecule has 0 aliphatic heterocycles. The van der Waals surface area contributed by atoms with Crippen LogP contribution in [0.4, 0.5) is 10.1 Å². The van der Waals surface area contributed by atoms with Gasteiger partial charge in [0.25, 0.3) is 5.91 Å². The Morgan fingerprint density at radius 3 is 2.68 bits per heavy atom. The van der Waals surface area contributed by atoms with Gasteiger partial charge in [0.15, 0.2) is 0 Å². The first-order valence-corrected chi connectivity index (χ1v) is 6.75. The predicted octanol–water partition coefficient (Wildman–Crippen LogP) is 4.40. The molecule has 0 aliphatic carbocycles. The molecule has 1 amide bonds. The molecular formula is C15H13BrFNO. The zero-order valence-electron chi connectivity index (χ0n) is 10.4. The van der Waals surface area contributed by atoms with E-state index >= 15 is 0 Å². The zero-order chi connectivity index (χ0) is 13.8. The summed E-state index contributed by atoms with van der Waals surface area (Å²) in [6.45, 7) is 2.02. The van der Waals surface area contributed by atoms with Gasteiger partial charge in [0.05, 0.1) is 4.47 Å². The topological polar surface area (TPSA) is 29.1 Å². The van der Waals surface area contributed by atoms with Gasteiger partial charge in [-0.3, -0.25) is 4.79 Å². The number of halogens is 2. The second-order valence-corrected chi connectivity index (χ2v) is 4.95. The number of para-hydroxylation sites is 1. The highest BCUT2D eigenvalue weighted by Gasteiger charge is 2.10. The maximum atomic E-state index is 13.4. The number of carbonyl (C=O) groups is 1. The molecule has 0 bridgehead atoms. The predicted molar refractivity (Wildman–Crippen MR) is 77.9 cm³/mol. The molecule has 1 N–H and O–H groups in total. The summed E-state index contributed by atoms with van der Waals surface area (Å²) in [5, 5.41) is 2.80. The van der Waals surface area contributed by atoms with E-state index in [1.165, 1.54) is 12.1 Å². The van der Waals surface area contributed by atoms with Gasteiger partial charge in [-0.1, -0.05) is 25.1 Å². The fourth-order valence-corrected chi connectivity index (χ4v) is 2.03. The van der Waals surface area contributed by atoms with Crippen molar-refractivity contribution in [1.82, 2.24) is 0 Å². The summed E-state index contributed by atoms with van der Waals surface area (Å²) in [6.07, 6.45) is 0.825. The molecule has 0 atom stereocenters. The number of amides is 1. The van der Waals surface area contributed by atoms with Gasteiger partial charge in [-0.05, 0) is 52.2 Å². The SMILES string of the molecule is CCc1ccccc1NC(=O)c1ccc(Br)c(F)c1. The van der Waals surface area contributed by atoms with Crippen LogP contribution in [-0.2, 0) is 6.42 Å². The van der Waals surface area contributed by atoms with Crippen molar-refractivity contribution in [3.05, 3.63) is 63.9 Å². The Hall–Kier alpha value is -1.68. The molecule has 0 aliphatic rings. The Balaban J connectivity index is 2.23. The maximum Gasteiger partial charge on any atom is 0.255 e. The van der Waals surface area contributed by atoms with Gasteiger partial charge in [0.2, 0.25) is 0 Å². The van der Waals surface area contributed by atoms with Crippen molar-refractivity contribution in [2.24, 2.45) is 0 Å². The monoisotopic (exact) mass is 321 g/mol. The summed E-state index contributed by atoms with van der Waals surface area (Å²) in [6, 6.07) is 11.9. The number of carbonyl (C=O) groups excluding carboxylic acids is 1. The molecule has 2 aromatic rings. The van der Waals surface area contributed by atoms with E-state index in [1.807, 2.05) is 31.2 Å². The summed E-state index contributed by atoms with van der Waals surface area (Å²) in [5.41, 5.74) is 2.11. The van der Waals surface area contributed by atoms with E-state index < -0.39 is 5.82 Å². The number of benzene rings is 2. The third-order valence-corrected chi connectivity index (χ3v) is 3.47. The Morgan fingerprint density at radius 1 is 1.26 bits per heavy atom. The van der Waals surface area contributed by atoms with Crippen molar-refractivity contribution in [2.45, 2.75) is 13.3 Å². The van der Waals surface area contributed by atoms with E-state index in [-0.39, 0.29) is 5.91 Å². The third-order valence-electron chi connectivity index (χ3n) is 2.83. The molecule has 0 fully saturated rings. The minimum absolute atomic E-state index is 0.298. The fourth-order valence-electron chi connectivity index (χ4n) is 1.78. The van der Waals surface area contributed by atoms with E-state index in [2.05, 4.69) is 21.2 Å². The minimum Gasteiger partial charge on any atom is -0.322 e. The Kier molecular flexibility index (Phi) is 4.32. The molecule has 0 heterocycles. The van der Waals surface area contributed by atoms with E-state index in [4.69, 9.17) is 0 Å². The van der Waals surface area contributed by atoms with Crippen molar-refractivity contribution < 1.29 is 9.18 Å². The maximum absolute atomic E-state index is 13.4. The van der Waals surface area contributed by atoms with Crippen LogP contribution >= 0.6 is 15.9 Å². The van der Waals surface area contributed by atoms with Crippen molar-refractivity contribution >= 4 is 27.5 Å². The number of aryl methyl sites for hydroxylation is 1. The first-order valence-electron chi connectivity index (χ1n) is 5.96. The first kappa shape index (κ1) is 13.7. The van der Waals surface area contributed by atoms with Crippen LogP contribution in [0, 0.1) is 5.82 Å². The molecular weight excluding hydrogens is 309 g/mol. The normalized spacial score (nSPS) is 10.3. The first-order chi connectivity index (χ1) is 9.11. The molecule has 0 radical (unpaired) electrons. The molecule has 0 aromatic heterocycles. The van der Waals surface area contributed by atoms with Crippen molar-refractivity contribution in [3.63, 3.8) is 0 Å². The Bertz CT molecular complexity index is 613. The lowest BCUT2D eigenvalue weighted by Gasteiger charge is -2.09. The average molecular weight is 322 g/mol. The summed E-state index contributed by atoms with van der Waals surface area (Å²) >= 11 is 3.06. The molecule has 0 unspecified atom stereocenters. The molecule has 2 nitrogen and oxygen atoms in total. The van der Waals surface area contributed by atoms with E-state index in [0.29, 0.717) is 10.0 Å². The van der Waals surface area contributed by atoms with Crippen LogP contribution < -0.4 is 5.32 Å². The lowest BCUT2D eigenvalue weighted by molar-refractivity contribution is 0.102. The van der Waals surface area contributed by atoms with Gasteiger partial charge in [0.1, 0.15) is 5.82 Å². The average Bonchev–Trinajstić information content (AvgIpc) is 2.42. The molecule has 0 saturated carbocycles. The second-order valence-electron chi connectivity index (χ2n) is 4.09. The van der Waals surface area contributed by atoms with Crippen molar-refractivity contribution in [2.75, 3.05) is 5.32 Å². The zero-order valence-corrected chi connectivity index (χ0v) is 12.0. The van der Waals surface area contributed by atoms with Gasteiger partial charge in [-0.25, -0.2) is 4.39 Å². The molecule has 2 aromatic carbocycles. The molecule has 0 saturated heterocycles. The van der Waals surface area contributed by atoms with Gasteiger partial charge in [0, 0.05) is 11.3 Å². The molecule has 0 spiro atoms. The van der Waals surface area contributed by atoms with Crippen LogP contribution in [0.2, 0.25) is 0 Å². The summed E-state index contributed by atoms with van der Waals surface area (Å²) in [4.78, 5) is 12.1. The number of nitrogens with one attached hydrogen (secondary N) is 1. The number of hydrogen-bond donors (Lipinski definition) is 1. The molecule has 2 rings (SSSR count). The lowest BCUT2D eigenvalue weighted by atomic mass is 10.1. The quantitative estimate of drug-likeness (QED) is 0.891. The summed E-state index contributed by atoms with van der Waals surface area (Å²) in [7, 11) is 0. The van der Waals surface area contributed by atoms with E-state index in [9.17, 15) is 9.18 Å². The van der Waals surface area contributed by atoms with Gasteiger partial charge < -0.3 is 5.32 Å². The van der Waals surface area contributed by atoms with Crippen LogP contribution in [-0.4, -0.2) is 5.91 Å². The summed E-state index contributed by atoms with van der Waals surface area (Å²) < 4.78 is 13.7. The van der Waals surface area contributed by atoms with Gasteiger partial charge >= 0.3 is 0 Å². The largest absolute Gasteiger partial charge is 0.322 e. The Labute approximate surface area is 119 Å². The molecule has 4 heteroatoms. The van der Waals surface area contributed by atoms with Gasteiger partial charge in [-0.2, -0.15) is 0 Å². The van der Waals surface area contributed by atoms with Crippen LogP contribution in [0.5, 0.6) is 0 Å². The second kappa shape index (κ2) is 5.97. The number of rotatable bonds is 3. The van der Waals surface area contributed by atoms with Crippen molar-refractivity contribution in [3.8, 4) is 0 Å². The van der Waals surface area contributed by atoms with Crippen LogP contribution in [0.3, 0.4) is 0 Å². The van der Waals surface area contributed by atoms with Gasteiger partial charge in [-0.15, -0.1) is 0 Å². The van der Waals surface area contributed by atoms with E-state index in [0.717, 1.165) is 17.7 Å². The molecule has 19 heavy (non-hydrogen) atoms.